The summed E-state index contributed by atoms with van der Waals surface area (Å²) in [5, 5.41) is 2.38. The summed E-state index contributed by atoms with van der Waals surface area (Å²) in [5.41, 5.74) is 6.64. The number of nitrogens with one attached hydrogen (secondary N) is 1. The highest BCUT2D eigenvalue weighted by Crippen LogP contribution is 2.37. The van der Waals surface area contributed by atoms with Gasteiger partial charge in [-0.1, -0.05) is 29.8 Å². The first-order chi connectivity index (χ1) is 15.8. The summed E-state index contributed by atoms with van der Waals surface area (Å²) in [7, 11) is 1.78. The number of benzene rings is 1. The predicted octanol–water partition coefficient (Wildman–Crippen LogP) is 6.34. The van der Waals surface area contributed by atoms with E-state index in [2.05, 4.69) is 20.4 Å². The molecule has 1 aromatic carbocycles. The monoisotopic (exact) mass is 469 g/mol. The van der Waals surface area contributed by atoms with Gasteiger partial charge < -0.3 is 5.43 Å². The van der Waals surface area contributed by atoms with Gasteiger partial charge in [0.15, 0.2) is 0 Å². The molecular formula is C24H19ClF3N5. The van der Waals surface area contributed by atoms with Gasteiger partial charge in [-0.25, -0.2) is 9.99 Å². The molecule has 0 radical (unpaired) electrons. The minimum atomic E-state index is -4.46. The zero-order chi connectivity index (χ0) is 23.4. The fraction of sp³-hybridized carbons (Fsp3) is 0.125. The standard InChI is InChI=1S/C24H19ClF3N5/c1-33(15-16-2-7-21(31-14-16)24(26,27)28)32-23-22(18-8-11-29-12-9-18)20(10-13-30-23)17-3-5-19(25)6-4-17/h2-14H,15H2,1H3,(H,30,32). The van der Waals surface area contributed by atoms with Gasteiger partial charge in [0.05, 0.1) is 0 Å². The number of hydrogen-bond acceptors (Lipinski definition) is 5. The Balaban J connectivity index is 1.64. The van der Waals surface area contributed by atoms with Crippen molar-refractivity contribution in [2.24, 2.45) is 0 Å². The van der Waals surface area contributed by atoms with Gasteiger partial charge in [0.1, 0.15) is 11.5 Å². The second-order valence-corrected chi connectivity index (χ2v) is 7.78. The van der Waals surface area contributed by atoms with E-state index in [4.69, 9.17) is 11.6 Å². The van der Waals surface area contributed by atoms with Gasteiger partial charge in [-0.05, 0) is 58.7 Å². The molecule has 3 aromatic heterocycles. The molecule has 0 saturated carbocycles. The van der Waals surface area contributed by atoms with Crippen LogP contribution < -0.4 is 5.43 Å². The summed E-state index contributed by atoms with van der Waals surface area (Å²) in [5.74, 6) is 0.594. The van der Waals surface area contributed by atoms with Crippen LogP contribution in [0.4, 0.5) is 19.0 Å². The summed E-state index contributed by atoms with van der Waals surface area (Å²) in [6.45, 7) is 0.313. The van der Waals surface area contributed by atoms with Crippen molar-refractivity contribution >= 4 is 17.4 Å². The Morgan fingerprint density at radius 3 is 2.24 bits per heavy atom. The van der Waals surface area contributed by atoms with Gasteiger partial charge in [-0.2, -0.15) is 13.2 Å². The summed E-state index contributed by atoms with van der Waals surface area (Å²) in [4.78, 5) is 12.1. The van der Waals surface area contributed by atoms with E-state index in [-0.39, 0.29) is 0 Å². The minimum Gasteiger partial charge on any atom is -0.303 e. The smallest absolute Gasteiger partial charge is 0.303 e. The second kappa shape index (κ2) is 9.56. The quantitative estimate of drug-likeness (QED) is 0.334. The first kappa shape index (κ1) is 22.7. The average Bonchev–Trinajstić information content (AvgIpc) is 2.80. The Hall–Kier alpha value is -3.49. The molecule has 0 aliphatic rings. The van der Waals surface area contributed by atoms with Crippen molar-refractivity contribution in [1.29, 1.82) is 0 Å². The third-order valence-corrected chi connectivity index (χ3v) is 5.16. The third-order valence-electron chi connectivity index (χ3n) is 4.91. The molecule has 9 heteroatoms. The number of rotatable bonds is 6. The third kappa shape index (κ3) is 5.47. The molecule has 1 N–H and O–H groups in total. The molecule has 0 aliphatic heterocycles. The highest BCUT2D eigenvalue weighted by Gasteiger charge is 2.32. The summed E-state index contributed by atoms with van der Waals surface area (Å²) in [6.07, 6.45) is 1.87. The largest absolute Gasteiger partial charge is 0.433 e. The molecule has 0 atom stereocenters. The van der Waals surface area contributed by atoms with E-state index < -0.39 is 11.9 Å². The van der Waals surface area contributed by atoms with Gasteiger partial charge in [0, 0.05) is 49.0 Å². The second-order valence-electron chi connectivity index (χ2n) is 7.34. The maximum atomic E-state index is 12.8. The lowest BCUT2D eigenvalue weighted by atomic mass is 9.96. The van der Waals surface area contributed by atoms with Crippen LogP contribution in [0.1, 0.15) is 11.3 Å². The van der Waals surface area contributed by atoms with Crippen LogP contribution in [0, 0.1) is 0 Å². The van der Waals surface area contributed by atoms with Crippen molar-refractivity contribution in [3.05, 3.63) is 95.7 Å². The number of hydrazine groups is 1. The molecule has 0 aliphatic carbocycles. The number of anilines is 1. The van der Waals surface area contributed by atoms with Crippen LogP contribution in [0.2, 0.25) is 5.02 Å². The summed E-state index contributed by atoms with van der Waals surface area (Å²) in [6, 6.07) is 15.6. The lowest BCUT2D eigenvalue weighted by Crippen LogP contribution is -2.26. The molecule has 5 nitrogen and oxygen atoms in total. The van der Waals surface area contributed by atoms with E-state index in [9.17, 15) is 13.2 Å². The zero-order valence-electron chi connectivity index (χ0n) is 17.5. The van der Waals surface area contributed by atoms with Gasteiger partial charge in [-0.3, -0.25) is 9.97 Å². The van der Waals surface area contributed by atoms with E-state index in [0.717, 1.165) is 28.3 Å². The number of nitrogens with zero attached hydrogens (tertiary/aromatic N) is 4. The van der Waals surface area contributed by atoms with Crippen LogP contribution >= 0.6 is 11.6 Å². The molecule has 0 fully saturated rings. The first-order valence-corrected chi connectivity index (χ1v) is 10.3. The lowest BCUT2D eigenvalue weighted by molar-refractivity contribution is -0.141. The molecule has 4 rings (SSSR count). The molecule has 4 aromatic rings. The van der Waals surface area contributed by atoms with Crippen LogP contribution in [0.15, 0.2) is 79.4 Å². The molecule has 3 heterocycles. The van der Waals surface area contributed by atoms with Crippen LogP contribution in [-0.4, -0.2) is 27.0 Å². The Morgan fingerprint density at radius 1 is 0.879 bits per heavy atom. The molecule has 0 amide bonds. The van der Waals surface area contributed by atoms with Gasteiger partial charge in [0.25, 0.3) is 0 Å². The maximum Gasteiger partial charge on any atom is 0.433 e. The van der Waals surface area contributed by atoms with E-state index >= 15 is 0 Å². The highest BCUT2D eigenvalue weighted by atomic mass is 35.5. The SMILES string of the molecule is CN(Cc1ccc(C(F)(F)F)nc1)Nc1nccc(-c2ccc(Cl)cc2)c1-c1ccncc1. The van der Waals surface area contributed by atoms with Crippen LogP contribution in [0.5, 0.6) is 0 Å². The number of alkyl halides is 3. The van der Waals surface area contributed by atoms with Crippen molar-refractivity contribution in [3.8, 4) is 22.3 Å². The Morgan fingerprint density at radius 2 is 1.61 bits per heavy atom. The van der Waals surface area contributed by atoms with Crippen molar-refractivity contribution in [2.75, 3.05) is 12.5 Å². The van der Waals surface area contributed by atoms with E-state index in [1.165, 1.54) is 12.3 Å². The topological polar surface area (TPSA) is 53.9 Å². The molecule has 0 saturated heterocycles. The van der Waals surface area contributed by atoms with E-state index in [0.29, 0.717) is 22.9 Å². The molecule has 0 spiro atoms. The fourth-order valence-electron chi connectivity index (χ4n) is 3.41. The normalized spacial score (nSPS) is 11.6. The Labute approximate surface area is 193 Å². The average molecular weight is 470 g/mol. The van der Waals surface area contributed by atoms with Gasteiger partial charge >= 0.3 is 6.18 Å². The maximum absolute atomic E-state index is 12.8. The fourth-order valence-corrected chi connectivity index (χ4v) is 3.53. The summed E-state index contributed by atoms with van der Waals surface area (Å²) >= 11 is 6.06. The number of halogens is 4. The van der Waals surface area contributed by atoms with Gasteiger partial charge in [0.2, 0.25) is 0 Å². The lowest BCUT2D eigenvalue weighted by Gasteiger charge is -2.22. The minimum absolute atomic E-state index is 0.313. The van der Waals surface area contributed by atoms with Crippen LogP contribution in [0.3, 0.4) is 0 Å². The highest BCUT2D eigenvalue weighted by molar-refractivity contribution is 6.30. The van der Waals surface area contributed by atoms with Crippen LogP contribution in [-0.2, 0) is 12.7 Å². The van der Waals surface area contributed by atoms with Crippen molar-refractivity contribution < 1.29 is 13.2 Å². The van der Waals surface area contributed by atoms with E-state index in [1.54, 1.807) is 30.6 Å². The van der Waals surface area contributed by atoms with Crippen LogP contribution in [0.25, 0.3) is 22.3 Å². The molecule has 168 valence electrons. The van der Waals surface area contributed by atoms with Crippen molar-refractivity contribution in [3.63, 3.8) is 0 Å². The zero-order valence-corrected chi connectivity index (χ0v) is 18.3. The molecular weight excluding hydrogens is 451 g/mol. The number of hydrogen-bond donors (Lipinski definition) is 1. The van der Waals surface area contributed by atoms with Crippen molar-refractivity contribution in [1.82, 2.24) is 20.0 Å². The number of aromatic nitrogens is 3. The predicted molar refractivity (Wildman–Crippen MR) is 122 cm³/mol. The van der Waals surface area contributed by atoms with Crippen molar-refractivity contribution in [2.45, 2.75) is 12.7 Å². The summed E-state index contributed by atoms with van der Waals surface area (Å²) < 4.78 is 38.3. The Kier molecular flexibility index (Phi) is 6.57. The number of pyridine rings is 3. The van der Waals surface area contributed by atoms with E-state index in [1.807, 2.05) is 42.5 Å². The molecule has 0 bridgehead atoms. The molecule has 0 unspecified atom stereocenters. The molecule has 33 heavy (non-hydrogen) atoms. The van der Waals surface area contributed by atoms with Gasteiger partial charge in [-0.15, -0.1) is 0 Å². The Bertz CT molecular complexity index is 1210. The first-order valence-electron chi connectivity index (χ1n) is 9.96.